The molecule has 0 saturated carbocycles. The second kappa shape index (κ2) is 5.72. The van der Waals surface area contributed by atoms with Gasteiger partial charge in [0.15, 0.2) is 0 Å². The monoisotopic (exact) mass is 244 g/mol. The summed E-state index contributed by atoms with van der Waals surface area (Å²) in [5.41, 5.74) is 1.80. The molecule has 2 atom stereocenters. The molecule has 0 unspecified atom stereocenters. The second-order valence-corrected chi connectivity index (χ2v) is 6.40. The average Bonchev–Trinajstić information content (AvgIpc) is 2.71. The number of piperidine rings is 1. The van der Waals surface area contributed by atoms with Crippen LogP contribution in [-0.2, 0) is 16.6 Å². The fraction of sp³-hybridized carbons (Fsp3) is 0.700. The summed E-state index contributed by atoms with van der Waals surface area (Å²) in [5.74, 6) is 2.12. The summed E-state index contributed by atoms with van der Waals surface area (Å²) in [6, 6.07) is 0. The van der Waals surface area contributed by atoms with Gasteiger partial charge in [0.25, 0.3) is 0 Å². The number of rotatable bonds is 4. The van der Waals surface area contributed by atoms with Crippen molar-refractivity contribution in [1.82, 2.24) is 10.3 Å². The van der Waals surface area contributed by atoms with Crippen LogP contribution in [0.15, 0.2) is 11.7 Å². The van der Waals surface area contributed by atoms with Crippen molar-refractivity contribution in [1.29, 1.82) is 0 Å². The maximum atomic E-state index is 11.8. The van der Waals surface area contributed by atoms with Gasteiger partial charge in [-0.05, 0) is 31.8 Å². The van der Waals surface area contributed by atoms with Crippen molar-refractivity contribution in [2.45, 2.75) is 18.6 Å². The maximum Gasteiger partial charge on any atom is 0.0794 e. The molecule has 1 aromatic heterocycles. The predicted octanol–water partition coefficient (Wildman–Crippen LogP) is 1.39. The highest BCUT2D eigenvalue weighted by Gasteiger charge is 2.16. The Hall–Kier alpha value is -0.260. The Morgan fingerprint density at radius 1 is 1.67 bits per heavy atom. The van der Waals surface area contributed by atoms with Gasteiger partial charge in [0.1, 0.15) is 0 Å². The first-order valence-electron chi connectivity index (χ1n) is 5.27. The lowest BCUT2D eigenvalue weighted by molar-refractivity contribution is 0.408. The lowest BCUT2D eigenvalue weighted by Crippen LogP contribution is -2.32. The molecule has 2 heterocycles. The van der Waals surface area contributed by atoms with E-state index in [2.05, 4.69) is 10.3 Å². The third kappa shape index (κ3) is 3.66. The topological polar surface area (TPSA) is 42.0 Å². The van der Waals surface area contributed by atoms with E-state index in [1.807, 2.05) is 6.20 Å². The van der Waals surface area contributed by atoms with Crippen LogP contribution in [0.4, 0.5) is 0 Å². The number of hydrogen-bond acceptors (Lipinski definition) is 4. The van der Waals surface area contributed by atoms with Crippen LogP contribution in [0.2, 0.25) is 0 Å². The minimum atomic E-state index is -0.717. The molecule has 0 amide bonds. The van der Waals surface area contributed by atoms with E-state index in [4.69, 9.17) is 0 Å². The summed E-state index contributed by atoms with van der Waals surface area (Å²) in [6.07, 6.45) is 4.27. The van der Waals surface area contributed by atoms with Crippen molar-refractivity contribution in [3.63, 3.8) is 0 Å². The van der Waals surface area contributed by atoms with E-state index in [0.717, 1.165) is 23.7 Å². The Morgan fingerprint density at radius 3 is 3.27 bits per heavy atom. The van der Waals surface area contributed by atoms with Gasteiger partial charge in [-0.25, -0.2) is 0 Å². The summed E-state index contributed by atoms with van der Waals surface area (Å²) in [5, 5.41) is 3.35. The molecule has 1 saturated heterocycles. The summed E-state index contributed by atoms with van der Waals surface area (Å²) in [6.45, 7) is 2.16. The van der Waals surface area contributed by atoms with Gasteiger partial charge in [-0.1, -0.05) is 0 Å². The lowest BCUT2D eigenvalue weighted by Gasteiger charge is -2.21. The van der Waals surface area contributed by atoms with Crippen molar-refractivity contribution in [3.05, 3.63) is 16.6 Å². The number of aromatic nitrogens is 1. The molecular weight excluding hydrogens is 228 g/mol. The maximum absolute atomic E-state index is 11.8. The zero-order valence-corrected chi connectivity index (χ0v) is 10.3. The van der Waals surface area contributed by atoms with Crippen molar-refractivity contribution >= 4 is 22.1 Å². The molecule has 1 fully saturated rings. The van der Waals surface area contributed by atoms with E-state index in [1.165, 1.54) is 12.8 Å². The summed E-state index contributed by atoms with van der Waals surface area (Å²) < 4.78 is 11.8. The highest BCUT2D eigenvalue weighted by Crippen LogP contribution is 2.14. The largest absolute Gasteiger partial charge is 0.316 e. The van der Waals surface area contributed by atoms with E-state index < -0.39 is 10.8 Å². The standard InChI is InChI=1S/C10H16N2OS2/c13-15(7-10-5-12-8-14-10)6-9-2-1-3-11-4-9/h5,8-9,11H,1-4,6-7H2/t9-,15+/m0/s1. The van der Waals surface area contributed by atoms with Crippen molar-refractivity contribution < 1.29 is 4.21 Å². The van der Waals surface area contributed by atoms with Crippen LogP contribution in [0.5, 0.6) is 0 Å². The Labute approximate surface area is 96.8 Å². The molecule has 84 valence electrons. The minimum Gasteiger partial charge on any atom is -0.316 e. The number of nitrogens with one attached hydrogen (secondary N) is 1. The highest BCUT2D eigenvalue weighted by molar-refractivity contribution is 7.84. The molecule has 15 heavy (non-hydrogen) atoms. The van der Waals surface area contributed by atoms with Crippen molar-refractivity contribution in [3.8, 4) is 0 Å². The molecule has 0 aliphatic carbocycles. The third-order valence-corrected chi connectivity index (χ3v) is 5.05. The average molecular weight is 244 g/mol. The molecule has 1 N–H and O–H groups in total. The van der Waals surface area contributed by atoms with E-state index in [1.54, 1.807) is 16.8 Å². The Morgan fingerprint density at radius 2 is 2.60 bits per heavy atom. The van der Waals surface area contributed by atoms with Crippen LogP contribution in [0, 0.1) is 5.92 Å². The number of hydrogen-bond donors (Lipinski definition) is 1. The zero-order valence-electron chi connectivity index (χ0n) is 8.65. The molecule has 0 aromatic carbocycles. The number of thiazole rings is 1. The van der Waals surface area contributed by atoms with E-state index in [9.17, 15) is 4.21 Å². The SMILES string of the molecule is O=[S@@](Cc1cncs1)C[C@H]1CCCNC1. The van der Waals surface area contributed by atoms with Crippen LogP contribution in [-0.4, -0.2) is 28.0 Å². The first kappa shape index (κ1) is 11.2. The summed E-state index contributed by atoms with van der Waals surface area (Å²) >= 11 is 1.59. The minimum absolute atomic E-state index is 0.604. The van der Waals surface area contributed by atoms with Crippen molar-refractivity contribution in [2.75, 3.05) is 18.8 Å². The van der Waals surface area contributed by atoms with E-state index >= 15 is 0 Å². The zero-order chi connectivity index (χ0) is 10.5. The molecule has 2 rings (SSSR count). The molecule has 1 aromatic rings. The van der Waals surface area contributed by atoms with Crippen LogP contribution in [0.3, 0.4) is 0 Å². The normalized spacial score (nSPS) is 23.9. The van der Waals surface area contributed by atoms with E-state index in [-0.39, 0.29) is 0 Å². The Balaban J connectivity index is 1.76. The fourth-order valence-electron chi connectivity index (χ4n) is 1.86. The van der Waals surface area contributed by atoms with Gasteiger partial charge in [0.2, 0.25) is 0 Å². The number of nitrogens with zero attached hydrogens (tertiary/aromatic N) is 1. The second-order valence-electron chi connectivity index (χ2n) is 3.93. The molecule has 5 heteroatoms. The molecule has 0 bridgehead atoms. The highest BCUT2D eigenvalue weighted by atomic mass is 32.2. The van der Waals surface area contributed by atoms with Gasteiger partial charge in [0, 0.05) is 27.6 Å². The van der Waals surface area contributed by atoms with Crippen LogP contribution >= 0.6 is 11.3 Å². The first-order chi connectivity index (χ1) is 7.34. The summed E-state index contributed by atoms with van der Waals surface area (Å²) in [7, 11) is -0.717. The Kier molecular flexibility index (Phi) is 4.29. The summed E-state index contributed by atoms with van der Waals surface area (Å²) in [4.78, 5) is 5.13. The van der Waals surface area contributed by atoms with Gasteiger partial charge in [0.05, 0.1) is 11.3 Å². The van der Waals surface area contributed by atoms with Gasteiger partial charge in [-0.3, -0.25) is 9.19 Å². The molecule has 1 aliphatic heterocycles. The molecule has 0 radical (unpaired) electrons. The van der Waals surface area contributed by atoms with Gasteiger partial charge in [-0.15, -0.1) is 11.3 Å². The van der Waals surface area contributed by atoms with Gasteiger partial charge < -0.3 is 5.32 Å². The Bertz CT molecular complexity index is 307. The van der Waals surface area contributed by atoms with E-state index in [0.29, 0.717) is 11.7 Å². The molecule has 1 aliphatic rings. The quantitative estimate of drug-likeness (QED) is 0.870. The smallest absolute Gasteiger partial charge is 0.0794 e. The van der Waals surface area contributed by atoms with Gasteiger partial charge in [-0.2, -0.15) is 0 Å². The van der Waals surface area contributed by atoms with Crippen LogP contribution < -0.4 is 5.32 Å². The predicted molar refractivity (Wildman–Crippen MR) is 64.4 cm³/mol. The third-order valence-electron chi connectivity index (χ3n) is 2.61. The fourth-order valence-corrected chi connectivity index (χ4v) is 4.23. The molecule has 3 nitrogen and oxygen atoms in total. The lowest BCUT2D eigenvalue weighted by atomic mass is 10.0. The van der Waals surface area contributed by atoms with Gasteiger partial charge >= 0.3 is 0 Å². The van der Waals surface area contributed by atoms with Crippen LogP contribution in [0.1, 0.15) is 17.7 Å². The van der Waals surface area contributed by atoms with Crippen LogP contribution in [0.25, 0.3) is 0 Å². The first-order valence-corrected chi connectivity index (χ1v) is 7.64. The molecular formula is C10H16N2OS2. The molecule has 0 spiro atoms. The van der Waals surface area contributed by atoms with Crippen molar-refractivity contribution in [2.24, 2.45) is 5.92 Å².